The first-order valence-corrected chi connectivity index (χ1v) is 6.64. The zero-order valence-corrected chi connectivity index (χ0v) is 10.7. The van der Waals surface area contributed by atoms with Gasteiger partial charge in [0.25, 0.3) is 0 Å². The molecule has 1 unspecified atom stereocenters. The molecule has 19 heavy (non-hydrogen) atoms. The second-order valence-corrected chi connectivity index (χ2v) is 5.13. The fourth-order valence-electron chi connectivity index (χ4n) is 2.78. The topological polar surface area (TPSA) is 37.3 Å². The van der Waals surface area contributed by atoms with Crippen molar-refractivity contribution in [2.75, 3.05) is 0 Å². The number of carboxylic acid groups (broad SMARTS) is 1. The van der Waals surface area contributed by atoms with Crippen LogP contribution in [0.15, 0.2) is 48.5 Å². The van der Waals surface area contributed by atoms with Gasteiger partial charge in [-0.05, 0) is 41.5 Å². The van der Waals surface area contributed by atoms with Crippen LogP contribution in [0.5, 0.6) is 0 Å². The molecule has 1 N–H and O–H groups in total. The van der Waals surface area contributed by atoms with Crippen LogP contribution in [0.1, 0.15) is 17.5 Å². The van der Waals surface area contributed by atoms with Gasteiger partial charge >= 0.3 is 5.97 Å². The molecule has 96 valence electrons. The lowest BCUT2D eigenvalue weighted by atomic mass is 9.82. The van der Waals surface area contributed by atoms with Gasteiger partial charge in [0.2, 0.25) is 0 Å². The van der Waals surface area contributed by atoms with Crippen molar-refractivity contribution in [2.45, 2.75) is 19.3 Å². The highest BCUT2D eigenvalue weighted by Gasteiger charge is 2.24. The maximum atomic E-state index is 11.1. The van der Waals surface area contributed by atoms with Crippen molar-refractivity contribution in [2.24, 2.45) is 5.92 Å². The molecule has 2 heteroatoms. The van der Waals surface area contributed by atoms with Crippen molar-refractivity contribution in [1.29, 1.82) is 0 Å². The van der Waals surface area contributed by atoms with Crippen molar-refractivity contribution >= 4 is 5.97 Å². The average Bonchev–Trinajstić information content (AvgIpc) is 2.47. The summed E-state index contributed by atoms with van der Waals surface area (Å²) >= 11 is 0. The van der Waals surface area contributed by atoms with Gasteiger partial charge in [0, 0.05) is 0 Å². The minimum absolute atomic E-state index is 0.224. The Hall–Kier alpha value is -2.09. The molecule has 0 amide bonds. The normalized spacial score (nSPS) is 17.8. The summed E-state index contributed by atoms with van der Waals surface area (Å²) in [6.07, 6.45) is 2.29. The number of rotatable bonds is 2. The Morgan fingerprint density at radius 2 is 1.79 bits per heavy atom. The lowest BCUT2D eigenvalue weighted by Gasteiger charge is -2.22. The third kappa shape index (κ3) is 2.39. The highest BCUT2D eigenvalue weighted by molar-refractivity contribution is 5.72. The zero-order chi connectivity index (χ0) is 13.2. The number of carboxylic acids is 1. The molecule has 2 aromatic rings. The second kappa shape index (κ2) is 4.88. The van der Waals surface area contributed by atoms with Gasteiger partial charge < -0.3 is 5.11 Å². The van der Waals surface area contributed by atoms with Gasteiger partial charge in [0.05, 0.1) is 5.92 Å². The molecule has 0 spiro atoms. The molecule has 0 aromatic heterocycles. The number of aryl methyl sites for hydroxylation is 1. The molecule has 3 rings (SSSR count). The van der Waals surface area contributed by atoms with Crippen LogP contribution in [-0.4, -0.2) is 11.1 Å². The maximum Gasteiger partial charge on any atom is 0.306 e. The molecule has 0 fully saturated rings. The van der Waals surface area contributed by atoms with Crippen molar-refractivity contribution in [1.82, 2.24) is 0 Å². The number of aliphatic carboxylic acids is 1. The van der Waals surface area contributed by atoms with E-state index in [9.17, 15) is 4.79 Å². The van der Waals surface area contributed by atoms with Gasteiger partial charge in [0.1, 0.15) is 0 Å². The zero-order valence-electron chi connectivity index (χ0n) is 10.7. The first kappa shape index (κ1) is 12.0. The summed E-state index contributed by atoms with van der Waals surface area (Å²) in [6.45, 7) is 0. The van der Waals surface area contributed by atoms with Crippen LogP contribution in [0.2, 0.25) is 0 Å². The van der Waals surface area contributed by atoms with E-state index in [1.54, 1.807) is 0 Å². The molecule has 1 aliphatic carbocycles. The van der Waals surface area contributed by atoms with Crippen molar-refractivity contribution in [3.8, 4) is 11.1 Å². The molecule has 1 atom stereocenters. The third-order valence-corrected chi connectivity index (χ3v) is 3.89. The lowest BCUT2D eigenvalue weighted by molar-refractivity contribution is -0.142. The first-order valence-electron chi connectivity index (χ1n) is 6.64. The molecule has 2 nitrogen and oxygen atoms in total. The Kier molecular flexibility index (Phi) is 3.08. The van der Waals surface area contributed by atoms with E-state index < -0.39 is 5.97 Å². The van der Waals surface area contributed by atoms with E-state index in [1.807, 2.05) is 18.2 Å². The predicted octanol–water partition coefficient (Wildman–Crippen LogP) is 3.54. The Balaban J connectivity index is 1.95. The molecule has 0 heterocycles. The van der Waals surface area contributed by atoms with Gasteiger partial charge in [-0.1, -0.05) is 48.5 Å². The number of carbonyl (C=O) groups is 1. The van der Waals surface area contributed by atoms with Crippen LogP contribution in [0, 0.1) is 5.92 Å². The minimum atomic E-state index is -0.671. The Bertz CT molecular complexity index is 602. The largest absolute Gasteiger partial charge is 0.481 e. The van der Waals surface area contributed by atoms with Crippen LogP contribution < -0.4 is 0 Å². The SMILES string of the molecule is O=C(O)C1CCc2ccc(-c3ccccc3)cc2C1. The molecular formula is C17H16O2. The van der Waals surface area contributed by atoms with Crippen molar-refractivity contribution in [3.05, 3.63) is 59.7 Å². The summed E-state index contributed by atoms with van der Waals surface area (Å²) in [4.78, 5) is 11.1. The molecule has 0 bridgehead atoms. The van der Waals surface area contributed by atoms with E-state index in [4.69, 9.17) is 5.11 Å². The highest BCUT2D eigenvalue weighted by Crippen LogP contribution is 2.29. The minimum Gasteiger partial charge on any atom is -0.481 e. The summed E-state index contributed by atoms with van der Waals surface area (Å²) < 4.78 is 0. The van der Waals surface area contributed by atoms with E-state index in [-0.39, 0.29) is 5.92 Å². The first-order chi connectivity index (χ1) is 9.24. The van der Waals surface area contributed by atoms with Crippen LogP contribution in [0.4, 0.5) is 0 Å². The summed E-state index contributed by atoms with van der Waals surface area (Å²) in [6, 6.07) is 16.6. The van der Waals surface area contributed by atoms with Gasteiger partial charge in [0.15, 0.2) is 0 Å². The van der Waals surface area contributed by atoms with Crippen molar-refractivity contribution in [3.63, 3.8) is 0 Å². The fourth-order valence-corrected chi connectivity index (χ4v) is 2.78. The maximum absolute atomic E-state index is 11.1. The highest BCUT2D eigenvalue weighted by atomic mass is 16.4. The van der Waals surface area contributed by atoms with Gasteiger partial charge in [-0.2, -0.15) is 0 Å². The van der Waals surface area contributed by atoms with Crippen LogP contribution in [0.25, 0.3) is 11.1 Å². The van der Waals surface area contributed by atoms with Crippen LogP contribution in [0.3, 0.4) is 0 Å². The molecule has 0 saturated carbocycles. The number of benzene rings is 2. The van der Waals surface area contributed by atoms with Crippen LogP contribution >= 0.6 is 0 Å². The Labute approximate surface area is 112 Å². The lowest BCUT2D eigenvalue weighted by Crippen LogP contribution is -2.22. The summed E-state index contributed by atoms with van der Waals surface area (Å²) in [7, 11) is 0. The Morgan fingerprint density at radius 1 is 1.00 bits per heavy atom. The number of hydrogen-bond donors (Lipinski definition) is 1. The van der Waals surface area contributed by atoms with Crippen LogP contribution in [-0.2, 0) is 17.6 Å². The smallest absolute Gasteiger partial charge is 0.306 e. The number of hydrogen-bond acceptors (Lipinski definition) is 1. The molecule has 2 aromatic carbocycles. The van der Waals surface area contributed by atoms with E-state index in [2.05, 4.69) is 30.3 Å². The van der Waals surface area contributed by atoms with Gasteiger partial charge in [-0.3, -0.25) is 4.79 Å². The van der Waals surface area contributed by atoms with Gasteiger partial charge in [-0.15, -0.1) is 0 Å². The van der Waals surface area contributed by atoms with Crippen molar-refractivity contribution < 1.29 is 9.90 Å². The van der Waals surface area contributed by atoms with E-state index in [0.29, 0.717) is 6.42 Å². The monoisotopic (exact) mass is 252 g/mol. The number of fused-ring (bicyclic) bond motifs is 1. The second-order valence-electron chi connectivity index (χ2n) is 5.13. The van der Waals surface area contributed by atoms with E-state index in [0.717, 1.165) is 12.8 Å². The fraction of sp³-hybridized carbons (Fsp3) is 0.235. The molecule has 0 radical (unpaired) electrons. The quantitative estimate of drug-likeness (QED) is 0.887. The molecule has 1 aliphatic rings. The summed E-state index contributed by atoms with van der Waals surface area (Å²) in [5.74, 6) is -0.894. The van der Waals surface area contributed by atoms with E-state index in [1.165, 1.54) is 22.3 Å². The summed E-state index contributed by atoms with van der Waals surface area (Å²) in [5, 5.41) is 9.15. The van der Waals surface area contributed by atoms with Gasteiger partial charge in [-0.25, -0.2) is 0 Å². The van der Waals surface area contributed by atoms with E-state index >= 15 is 0 Å². The third-order valence-electron chi connectivity index (χ3n) is 3.89. The Morgan fingerprint density at radius 3 is 2.53 bits per heavy atom. The summed E-state index contributed by atoms with van der Waals surface area (Å²) in [5.41, 5.74) is 4.85. The predicted molar refractivity (Wildman–Crippen MR) is 75.0 cm³/mol. The molecular weight excluding hydrogens is 236 g/mol. The standard InChI is InChI=1S/C17H16O2/c18-17(19)15-9-7-13-6-8-14(10-16(13)11-15)12-4-2-1-3-5-12/h1-6,8,10,15H,7,9,11H2,(H,18,19). The average molecular weight is 252 g/mol. The molecule has 0 aliphatic heterocycles. The molecule has 0 saturated heterocycles.